The van der Waals surface area contributed by atoms with Gasteiger partial charge in [-0.25, -0.2) is 0 Å². The summed E-state index contributed by atoms with van der Waals surface area (Å²) in [6.07, 6.45) is 6.08. The van der Waals surface area contributed by atoms with E-state index in [-0.39, 0.29) is 5.91 Å². The molecule has 3 heterocycles. The number of likely N-dealkylation sites (tertiary alicyclic amines) is 1. The van der Waals surface area contributed by atoms with Gasteiger partial charge in [-0.2, -0.15) is 0 Å². The Morgan fingerprint density at radius 1 is 1.43 bits per heavy atom. The van der Waals surface area contributed by atoms with Crippen LogP contribution in [0.1, 0.15) is 48.0 Å². The lowest BCUT2D eigenvalue weighted by molar-refractivity contribution is -0.0215. The van der Waals surface area contributed by atoms with Crippen LogP contribution in [0.4, 0.5) is 0 Å². The van der Waals surface area contributed by atoms with Crippen LogP contribution in [0, 0.1) is 0 Å². The maximum atomic E-state index is 12.5. The summed E-state index contributed by atoms with van der Waals surface area (Å²) in [7, 11) is 0. The van der Waals surface area contributed by atoms with Gasteiger partial charge in [-0.1, -0.05) is 18.1 Å². The third kappa shape index (κ3) is 3.27. The van der Waals surface area contributed by atoms with Crippen molar-refractivity contribution in [2.45, 2.75) is 38.2 Å². The largest absolute Gasteiger partial charge is 0.385 e. The van der Waals surface area contributed by atoms with E-state index in [9.17, 15) is 9.90 Å². The molecule has 1 N–H and O–H groups in total. The molecule has 1 fully saturated rings. The summed E-state index contributed by atoms with van der Waals surface area (Å²) < 4.78 is 5.17. The van der Waals surface area contributed by atoms with Crippen LogP contribution < -0.4 is 0 Å². The van der Waals surface area contributed by atoms with Crippen molar-refractivity contribution in [2.75, 3.05) is 13.1 Å². The van der Waals surface area contributed by atoms with E-state index >= 15 is 0 Å². The molecule has 23 heavy (non-hydrogen) atoms. The van der Waals surface area contributed by atoms with Gasteiger partial charge in [-0.3, -0.25) is 9.78 Å². The van der Waals surface area contributed by atoms with Crippen LogP contribution in [0.25, 0.3) is 0 Å². The molecule has 0 aliphatic carbocycles. The molecule has 122 valence electrons. The molecule has 6 heteroatoms. The highest BCUT2D eigenvalue weighted by Crippen LogP contribution is 2.32. The van der Waals surface area contributed by atoms with Crippen molar-refractivity contribution < 1.29 is 14.4 Å². The van der Waals surface area contributed by atoms with Gasteiger partial charge in [0.15, 0.2) is 5.69 Å². The van der Waals surface area contributed by atoms with Gasteiger partial charge in [-0.05, 0) is 25.3 Å². The average Bonchev–Trinajstić information content (AvgIpc) is 3.05. The molecule has 1 amide bonds. The van der Waals surface area contributed by atoms with Crippen LogP contribution in [0.5, 0.6) is 0 Å². The Morgan fingerprint density at radius 2 is 2.22 bits per heavy atom. The molecule has 0 saturated carbocycles. The Balaban J connectivity index is 1.65. The number of piperidine rings is 1. The zero-order valence-corrected chi connectivity index (χ0v) is 13.2. The molecular weight excluding hydrogens is 294 g/mol. The van der Waals surface area contributed by atoms with Crippen LogP contribution in [-0.2, 0) is 12.0 Å². The monoisotopic (exact) mass is 315 g/mol. The minimum atomic E-state index is -0.914. The number of rotatable bonds is 4. The molecule has 0 bridgehead atoms. The summed E-state index contributed by atoms with van der Waals surface area (Å²) in [6, 6.07) is 5.41. The second-order valence-corrected chi connectivity index (χ2v) is 5.99. The Morgan fingerprint density at radius 3 is 2.87 bits per heavy atom. The van der Waals surface area contributed by atoms with E-state index < -0.39 is 5.60 Å². The molecule has 0 atom stereocenters. The van der Waals surface area contributed by atoms with Crippen molar-refractivity contribution in [1.82, 2.24) is 15.0 Å². The average molecular weight is 315 g/mol. The van der Waals surface area contributed by atoms with E-state index in [1.165, 1.54) is 0 Å². The second kappa shape index (κ2) is 6.50. The normalized spacial score (nSPS) is 17.2. The maximum absolute atomic E-state index is 12.5. The minimum Gasteiger partial charge on any atom is -0.385 e. The fourth-order valence-corrected chi connectivity index (χ4v) is 2.95. The summed E-state index contributed by atoms with van der Waals surface area (Å²) >= 11 is 0. The van der Waals surface area contributed by atoms with Crippen molar-refractivity contribution >= 4 is 5.91 Å². The molecule has 1 aliphatic heterocycles. The second-order valence-electron chi connectivity index (χ2n) is 5.99. The number of hydrogen-bond acceptors (Lipinski definition) is 5. The van der Waals surface area contributed by atoms with E-state index in [1.807, 2.05) is 19.1 Å². The third-order valence-corrected chi connectivity index (χ3v) is 4.35. The first-order valence-electron chi connectivity index (χ1n) is 8.00. The highest BCUT2D eigenvalue weighted by Gasteiger charge is 2.36. The predicted molar refractivity (Wildman–Crippen MR) is 83.8 cm³/mol. The zero-order valence-electron chi connectivity index (χ0n) is 13.2. The highest BCUT2D eigenvalue weighted by molar-refractivity contribution is 5.92. The number of carbonyl (C=O) groups is 1. The zero-order chi connectivity index (χ0) is 16.3. The van der Waals surface area contributed by atoms with E-state index in [4.69, 9.17) is 4.52 Å². The number of carbonyl (C=O) groups excluding carboxylic acids is 1. The molecule has 0 spiro atoms. The topological polar surface area (TPSA) is 79.5 Å². The van der Waals surface area contributed by atoms with E-state index in [2.05, 4.69) is 10.1 Å². The maximum Gasteiger partial charge on any atom is 0.276 e. The lowest BCUT2D eigenvalue weighted by atomic mass is 9.85. The number of pyridine rings is 1. The molecule has 3 rings (SSSR count). The predicted octanol–water partition coefficient (Wildman–Crippen LogP) is 2.15. The summed E-state index contributed by atoms with van der Waals surface area (Å²) in [4.78, 5) is 18.3. The smallest absolute Gasteiger partial charge is 0.276 e. The minimum absolute atomic E-state index is 0.135. The lowest BCUT2D eigenvalue weighted by Crippen LogP contribution is -2.45. The van der Waals surface area contributed by atoms with Gasteiger partial charge in [0, 0.05) is 43.5 Å². The number of aryl methyl sites for hydroxylation is 1. The Kier molecular flexibility index (Phi) is 4.43. The summed E-state index contributed by atoms with van der Waals surface area (Å²) in [6.45, 7) is 3.02. The first-order chi connectivity index (χ1) is 11.1. The Hall–Kier alpha value is -2.21. The summed E-state index contributed by atoms with van der Waals surface area (Å²) in [5.74, 6) is 0.601. The molecule has 0 unspecified atom stereocenters. The lowest BCUT2D eigenvalue weighted by Gasteiger charge is -2.38. The van der Waals surface area contributed by atoms with Gasteiger partial charge in [0.05, 0.1) is 5.60 Å². The van der Waals surface area contributed by atoms with Crippen molar-refractivity contribution in [2.24, 2.45) is 0 Å². The van der Waals surface area contributed by atoms with Crippen LogP contribution in [0.2, 0.25) is 0 Å². The van der Waals surface area contributed by atoms with Crippen molar-refractivity contribution in [3.8, 4) is 0 Å². The van der Waals surface area contributed by atoms with Gasteiger partial charge in [0.2, 0.25) is 0 Å². The molecule has 2 aromatic heterocycles. The van der Waals surface area contributed by atoms with Crippen LogP contribution in [-0.4, -0.2) is 39.1 Å². The number of aromatic nitrogens is 2. The molecule has 1 aliphatic rings. The molecule has 6 nitrogen and oxygen atoms in total. The quantitative estimate of drug-likeness (QED) is 0.935. The van der Waals surface area contributed by atoms with Gasteiger partial charge >= 0.3 is 0 Å². The first-order valence-corrected chi connectivity index (χ1v) is 8.00. The molecule has 0 aromatic carbocycles. The van der Waals surface area contributed by atoms with Crippen LogP contribution >= 0.6 is 0 Å². The molecule has 0 radical (unpaired) electrons. The van der Waals surface area contributed by atoms with Gasteiger partial charge < -0.3 is 14.5 Å². The molecule has 2 aromatic rings. The van der Waals surface area contributed by atoms with Crippen LogP contribution in [0.3, 0.4) is 0 Å². The third-order valence-electron chi connectivity index (χ3n) is 4.35. The van der Waals surface area contributed by atoms with Crippen molar-refractivity contribution in [3.05, 3.63) is 47.6 Å². The molecular formula is C17H21N3O3. The number of aliphatic hydroxyl groups is 1. The Bertz CT molecular complexity index is 661. The SMILES string of the molecule is CCCc1cc(C(=O)N2CCC(O)(c3cccnc3)CC2)no1. The van der Waals surface area contributed by atoms with Crippen molar-refractivity contribution in [3.63, 3.8) is 0 Å². The van der Waals surface area contributed by atoms with E-state index in [0.717, 1.165) is 24.2 Å². The van der Waals surface area contributed by atoms with Crippen molar-refractivity contribution in [1.29, 1.82) is 0 Å². The summed E-state index contributed by atoms with van der Waals surface area (Å²) in [5.41, 5.74) is 0.237. The number of nitrogens with zero attached hydrogens (tertiary/aromatic N) is 3. The van der Waals surface area contributed by atoms with E-state index in [0.29, 0.717) is 31.6 Å². The Labute approximate surface area is 135 Å². The fraction of sp³-hybridized carbons (Fsp3) is 0.471. The van der Waals surface area contributed by atoms with E-state index in [1.54, 1.807) is 23.4 Å². The van der Waals surface area contributed by atoms with Gasteiger partial charge in [-0.15, -0.1) is 0 Å². The standard InChI is InChI=1S/C17H21N3O3/c1-2-4-14-11-15(19-23-14)16(21)20-9-6-17(22,7-10-20)13-5-3-8-18-12-13/h3,5,8,11-12,22H,2,4,6-7,9-10H2,1H3. The highest BCUT2D eigenvalue weighted by atomic mass is 16.5. The van der Waals surface area contributed by atoms with Gasteiger partial charge in [0.25, 0.3) is 5.91 Å². The number of hydrogen-bond donors (Lipinski definition) is 1. The number of amides is 1. The summed E-state index contributed by atoms with van der Waals surface area (Å²) in [5, 5.41) is 14.6. The first kappa shape index (κ1) is 15.7. The van der Waals surface area contributed by atoms with Crippen LogP contribution in [0.15, 0.2) is 35.1 Å². The van der Waals surface area contributed by atoms with Gasteiger partial charge in [0.1, 0.15) is 5.76 Å². The molecule has 1 saturated heterocycles. The fourth-order valence-electron chi connectivity index (χ4n) is 2.95.